The summed E-state index contributed by atoms with van der Waals surface area (Å²) in [6.45, 7) is 0.155. The molecule has 0 amide bonds. The molecule has 0 aromatic heterocycles. The lowest BCUT2D eigenvalue weighted by Crippen LogP contribution is -2.00. The fraction of sp³-hybridized carbons (Fsp3) is 1.00. The Morgan fingerprint density at radius 3 is 1.39 bits per heavy atom. The zero-order valence-electron chi connectivity index (χ0n) is 10.4. The first-order valence-electron chi connectivity index (χ1n) is 6.11. The van der Waals surface area contributed by atoms with Crippen molar-refractivity contribution in [2.75, 3.05) is 24.6 Å². The molecule has 0 aliphatic heterocycles. The first-order chi connectivity index (χ1) is 8.63. The van der Waals surface area contributed by atoms with E-state index in [0.29, 0.717) is 12.8 Å². The highest BCUT2D eigenvalue weighted by atomic mass is 33.1. The minimum Gasteiger partial charge on any atom is -0.265 e. The van der Waals surface area contributed by atoms with Crippen molar-refractivity contribution in [2.24, 2.45) is 0 Å². The van der Waals surface area contributed by atoms with E-state index < -0.39 is 0 Å². The summed E-state index contributed by atoms with van der Waals surface area (Å²) in [7, 11) is 3.58. The van der Waals surface area contributed by atoms with Gasteiger partial charge in [-0.3, -0.25) is 20.2 Å². The molecule has 0 rings (SSSR count). The molecule has 0 unspecified atom stereocenters. The molecule has 0 aliphatic rings. The van der Waals surface area contributed by atoms with Gasteiger partial charge >= 0.3 is 0 Å². The van der Waals surface area contributed by atoms with Gasteiger partial charge in [0.15, 0.2) is 0 Å². The summed E-state index contributed by atoms with van der Waals surface area (Å²) < 4.78 is 0. The molecule has 0 saturated heterocycles. The second kappa shape index (κ2) is 12.9. The van der Waals surface area contributed by atoms with Crippen LogP contribution in [-0.2, 0) is 0 Å². The Bertz CT molecular complexity index is 218. The minimum atomic E-state index is -0.271. The van der Waals surface area contributed by atoms with Crippen LogP contribution in [0.25, 0.3) is 0 Å². The summed E-state index contributed by atoms with van der Waals surface area (Å²) >= 11 is 0. The molecule has 0 fully saturated rings. The van der Waals surface area contributed by atoms with E-state index in [1.165, 1.54) is 0 Å². The molecule has 8 heteroatoms. The van der Waals surface area contributed by atoms with Crippen LogP contribution in [0.4, 0.5) is 0 Å². The standard InChI is InChI=1S/C10H20N2O4S2/c13-11(14)7-3-1-5-9-17-18-10-6-2-4-8-12(15)16/h1-10H2. The van der Waals surface area contributed by atoms with E-state index in [2.05, 4.69) is 0 Å². The highest BCUT2D eigenvalue weighted by Gasteiger charge is 1.98. The lowest BCUT2D eigenvalue weighted by Gasteiger charge is -2.00. The SMILES string of the molecule is O=[N+]([O-])CCCCCSSCCCCC[N+](=O)[O-]. The molecule has 6 nitrogen and oxygen atoms in total. The molecule has 0 atom stereocenters. The largest absolute Gasteiger partial charge is 0.265 e. The molecular formula is C10H20N2O4S2. The highest BCUT2D eigenvalue weighted by Crippen LogP contribution is 2.24. The van der Waals surface area contributed by atoms with Gasteiger partial charge in [0, 0.05) is 34.2 Å². The van der Waals surface area contributed by atoms with E-state index >= 15 is 0 Å². The van der Waals surface area contributed by atoms with Crippen LogP contribution < -0.4 is 0 Å². The molecule has 0 bridgehead atoms. The van der Waals surface area contributed by atoms with Gasteiger partial charge in [0.05, 0.1) is 0 Å². The van der Waals surface area contributed by atoms with Crippen molar-refractivity contribution >= 4 is 21.6 Å². The van der Waals surface area contributed by atoms with Gasteiger partial charge in [0.25, 0.3) is 0 Å². The number of rotatable bonds is 13. The van der Waals surface area contributed by atoms with Gasteiger partial charge in [-0.1, -0.05) is 21.6 Å². The lowest BCUT2D eigenvalue weighted by atomic mass is 10.2. The molecule has 0 saturated carbocycles. The van der Waals surface area contributed by atoms with Crippen LogP contribution in [0.2, 0.25) is 0 Å². The molecule has 0 aromatic carbocycles. The highest BCUT2D eigenvalue weighted by molar-refractivity contribution is 8.76. The van der Waals surface area contributed by atoms with Crippen LogP contribution in [0.5, 0.6) is 0 Å². The van der Waals surface area contributed by atoms with Crippen molar-refractivity contribution in [3.8, 4) is 0 Å². The van der Waals surface area contributed by atoms with E-state index in [1.54, 1.807) is 21.6 Å². The predicted molar refractivity (Wildman–Crippen MR) is 76.3 cm³/mol. The summed E-state index contributed by atoms with van der Waals surface area (Å²) in [6, 6.07) is 0. The molecule has 0 aromatic rings. The van der Waals surface area contributed by atoms with Crippen LogP contribution in [0.1, 0.15) is 38.5 Å². The first-order valence-corrected chi connectivity index (χ1v) is 8.59. The van der Waals surface area contributed by atoms with Gasteiger partial charge in [-0.15, -0.1) is 0 Å². The fourth-order valence-electron chi connectivity index (χ4n) is 1.28. The van der Waals surface area contributed by atoms with Gasteiger partial charge in [-0.05, 0) is 25.7 Å². The lowest BCUT2D eigenvalue weighted by molar-refractivity contribution is -0.480. The van der Waals surface area contributed by atoms with Crippen molar-refractivity contribution in [3.05, 3.63) is 20.2 Å². The predicted octanol–water partition coefficient (Wildman–Crippen LogP) is 3.26. The number of unbranched alkanes of at least 4 members (excludes halogenated alkanes) is 4. The van der Waals surface area contributed by atoms with Crippen LogP contribution in [-0.4, -0.2) is 34.4 Å². The Balaban J connectivity index is 2.99. The number of nitrogens with zero attached hydrogens (tertiary/aromatic N) is 2. The Morgan fingerprint density at radius 1 is 0.667 bits per heavy atom. The monoisotopic (exact) mass is 296 g/mol. The zero-order chi connectivity index (χ0) is 13.6. The Hall–Kier alpha value is -0.500. The maximum absolute atomic E-state index is 10.1. The quantitative estimate of drug-likeness (QED) is 0.224. The van der Waals surface area contributed by atoms with Crippen molar-refractivity contribution in [1.82, 2.24) is 0 Å². The minimum absolute atomic E-state index is 0.0776. The average Bonchev–Trinajstić information content (AvgIpc) is 2.29. The summed E-state index contributed by atoms with van der Waals surface area (Å²) in [5.74, 6) is 2.05. The van der Waals surface area contributed by atoms with Crippen LogP contribution in [0, 0.1) is 20.2 Å². The molecule has 18 heavy (non-hydrogen) atoms. The van der Waals surface area contributed by atoms with Crippen LogP contribution in [0.15, 0.2) is 0 Å². The van der Waals surface area contributed by atoms with Gasteiger partial charge in [0.1, 0.15) is 0 Å². The second-order valence-electron chi connectivity index (χ2n) is 3.88. The van der Waals surface area contributed by atoms with E-state index in [-0.39, 0.29) is 22.9 Å². The van der Waals surface area contributed by atoms with Gasteiger partial charge < -0.3 is 0 Å². The molecule has 0 radical (unpaired) electrons. The van der Waals surface area contributed by atoms with Gasteiger partial charge in [-0.2, -0.15) is 0 Å². The van der Waals surface area contributed by atoms with E-state index in [9.17, 15) is 20.2 Å². The van der Waals surface area contributed by atoms with Crippen LogP contribution in [0.3, 0.4) is 0 Å². The van der Waals surface area contributed by atoms with Crippen molar-refractivity contribution in [3.63, 3.8) is 0 Å². The Labute approximate surface area is 115 Å². The number of hydrogen-bond acceptors (Lipinski definition) is 6. The normalized spacial score (nSPS) is 10.4. The summed E-state index contributed by atoms with van der Waals surface area (Å²) in [6.07, 6.45) is 5.20. The molecule has 0 heterocycles. The smallest absolute Gasteiger partial charge is 0.203 e. The maximum atomic E-state index is 10.1. The number of hydrogen-bond donors (Lipinski definition) is 0. The van der Waals surface area contributed by atoms with E-state index in [1.807, 2.05) is 0 Å². The summed E-state index contributed by atoms with van der Waals surface area (Å²) in [5.41, 5.74) is 0. The molecule has 0 aliphatic carbocycles. The van der Waals surface area contributed by atoms with Crippen molar-refractivity contribution in [2.45, 2.75) is 38.5 Å². The Morgan fingerprint density at radius 2 is 1.06 bits per heavy atom. The molecule has 106 valence electrons. The number of nitro groups is 2. The third-order valence-electron chi connectivity index (χ3n) is 2.22. The summed E-state index contributed by atoms with van der Waals surface area (Å²) in [5, 5.41) is 20.1. The van der Waals surface area contributed by atoms with E-state index in [0.717, 1.165) is 37.2 Å². The van der Waals surface area contributed by atoms with E-state index in [4.69, 9.17) is 0 Å². The van der Waals surface area contributed by atoms with Gasteiger partial charge in [-0.25, -0.2) is 0 Å². The molecule has 0 spiro atoms. The molecule has 0 N–H and O–H groups in total. The van der Waals surface area contributed by atoms with Crippen molar-refractivity contribution in [1.29, 1.82) is 0 Å². The van der Waals surface area contributed by atoms with Gasteiger partial charge in [0.2, 0.25) is 13.1 Å². The zero-order valence-corrected chi connectivity index (χ0v) is 12.0. The average molecular weight is 296 g/mol. The Kier molecular flexibility index (Phi) is 12.6. The maximum Gasteiger partial charge on any atom is 0.203 e. The third-order valence-corrected chi connectivity index (χ3v) is 4.80. The topological polar surface area (TPSA) is 86.3 Å². The fourth-order valence-corrected chi connectivity index (χ4v) is 3.57. The molecular weight excluding hydrogens is 276 g/mol. The summed E-state index contributed by atoms with van der Waals surface area (Å²) in [4.78, 5) is 19.6. The first kappa shape index (κ1) is 17.5. The van der Waals surface area contributed by atoms with Crippen molar-refractivity contribution < 1.29 is 9.85 Å². The van der Waals surface area contributed by atoms with Crippen LogP contribution >= 0.6 is 21.6 Å². The second-order valence-corrected chi connectivity index (χ2v) is 6.58. The third kappa shape index (κ3) is 15.5.